The van der Waals surface area contributed by atoms with Gasteiger partial charge in [0, 0.05) is 12.7 Å². The standard InChI is InChI=1S/C11H13N3/c1-2-4-10(5-3-1)8-13-11-6-7-12-9-14-11/h2,4-7,9H,1,3,8H2,(H,12,13,14). The number of rotatable bonds is 3. The van der Waals surface area contributed by atoms with Gasteiger partial charge >= 0.3 is 0 Å². The molecule has 72 valence electrons. The molecule has 0 radical (unpaired) electrons. The molecule has 14 heavy (non-hydrogen) atoms. The van der Waals surface area contributed by atoms with Crippen LogP contribution in [0.2, 0.25) is 0 Å². The number of hydrogen-bond donors (Lipinski definition) is 1. The molecule has 0 aliphatic heterocycles. The van der Waals surface area contributed by atoms with E-state index in [4.69, 9.17) is 0 Å². The van der Waals surface area contributed by atoms with E-state index in [2.05, 4.69) is 33.5 Å². The Hall–Kier alpha value is -1.64. The van der Waals surface area contributed by atoms with Crippen molar-refractivity contribution in [3.05, 3.63) is 42.4 Å². The van der Waals surface area contributed by atoms with Gasteiger partial charge in [0.25, 0.3) is 0 Å². The second kappa shape index (κ2) is 4.56. The average Bonchev–Trinajstić information content (AvgIpc) is 2.29. The van der Waals surface area contributed by atoms with Gasteiger partial charge in [-0.25, -0.2) is 9.97 Å². The molecular weight excluding hydrogens is 174 g/mol. The Labute approximate surface area is 83.6 Å². The van der Waals surface area contributed by atoms with E-state index < -0.39 is 0 Å². The summed E-state index contributed by atoms with van der Waals surface area (Å²) in [6.07, 6.45) is 12.2. The Morgan fingerprint density at radius 2 is 2.36 bits per heavy atom. The molecule has 0 unspecified atom stereocenters. The van der Waals surface area contributed by atoms with Crippen LogP contribution in [0.4, 0.5) is 5.82 Å². The largest absolute Gasteiger partial charge is 0.366 e. The Balaban J connectivity index is 1.88. The summed E-state index contributed by atoms with van der Waals surface area (Å²) in [4.78, 5) is 7.95. The van der Waals surface area contributed by atoms with Crippen LogP contribution in [-0.4, -0.2) is 16.5 Å². The smallest absolute Gasteiger partial charge is 0.129 e. The minimum atomic E-state index is 0.841. The first-order valence-electron chi connectivity index (χ1n) is 4.80. The van der Waals surface area contributed by atoms with Crippen LogP contribution < -0.4 is 5.32 Å². The van der Waals surface area contributed by atoms with E-state index in [1.165, 1.54) is 5.57 Å². The summed E-state index contributed by atoms with van der Waals surface area (Å²) in [6.45, 7) is 0.841. The molecular formula is C11H13N3. The van der Waals surface area contributed by atoms with Crippen molar-refractivity contribution in [2.24, 2.45) is 0 Å². The van der Waals surface area contributed by atoms with Gasteiger partial charge in [0.2, 0.25) is 0 Å². The van der Waals surface area contributed by atoms with Gasteiger partial charge in [-0.3, -0.25) is 0 Å². The lowest BCUT2D eigenvalue weighted by molar-refractivity contribution is 1.00. The van der Waals surface area contributed by atoms with E-state index in [0.29, 0.717) is 0 Å². The van der Waals surface area contributed by atoms with Gasteiger partial charge in [-0.2, -0.15) is 0 Å². The van der Waals surface area contributed by atoms with Crippen molar-refractivity contribution in [2.45, 2.75) is 12.8 Å². The number of nitrogens with zero attached hydrogens (tertiary/aromatic N) is 2. The highest BCUT2D eigenvalue weighted by Crippen LogP contribution is 2.10. The Bertz CT molecular complexity index is 341. The SMILES string of the molecule is C1=CC(CNc2ccncn2)=CCC1. The highest BCUT2D eigenvalue weighted by molar-refractivity contribution is 5.36. The van der Waals surface area contributed by atoms with Crippen LogP contribution in [0.15, 0.2) is 42.4 Å². The van der Waals surface area contributed by atoms with Gasteiger partial charge in [-0.15, -0.1) is 0 Å². The zero-order valence-electron chi connectivity index (χ0n) is 7.98. The highest BCUT2D eigenvalue weighted by Gasteiger charge is 1.97. The fourth-order valence-corrected chi connectivity index (χ4v) is 1.39. The first kappa shape index (κ1) is 8.94. The lowest BCUT2D eigenvalue weighted by atomic mass is 10.1. The molecule has 1 aromatic heterocycles. The first-order chi connectivity index (χ1) is 6.95. The molecule has 0 fully saturated rings. The average molecular weight is 187 g/mol. The zero-order valence-corrected chi connectivity index (χ0v) is 7.98. The van der Waals surface area contributed by atoms with Crippen LogP contribution in [0.1, 0.15) is 12.8 Å². The molecule has 2 rings (SSSR count). The van der Waals surface area contributed by atoms with Crippen LogP contribution in [0, 0.1) is 0 Å². The quantitative estimate of drug-likeness (QED) is 0.788. The van der Waals surface area contributed by atoms with Crippen molar-refractivity contribution < 1.29 is 0 Å². The van der Waals surface area contributed by atoms with Gasteiger partial charge in [-0.05, 0) is 24.5 Å². The van der Waals surface area contributed by atoms with E-state index >= 15 is 0 Å². The summed E-state index contributed by atoms with van der Waals surface area (Å²) in [5, 5.41) is 3.24. The van der Waals surface area contributed by atoms with Crippen LogP contribution in [-0.2, 0) is 0 Å². The fourth-order valence-electron chi connectivity index (χ4n) is 1.39. The molecule has 1 aromatic rings. The molecule has 0 atom stereocenters. The van der Waals surface area contributed by atoms with Crippen molar-refractivity contribution >= 4 is 5.82 Å². The second-order valence-electron chi connectivity index (χ2n) is 3.21. The molecule has 1 aliphatic rings. The van der Waals surface area contributed by atoms with Gasteiger partial charge in [-0.1, -0.05) is 18.2 Å². The topological polar surface area (TPSA) is 37.8 Å². The predicted octanol–water partition coefficient (Wildman–Crippen LogP) is 2.16. The predicted molar refractivity (Wildman–Crippen MR) is 57.0 cm³/mol. The lowest BCUT2D eigenvalue weighted by Crippen LogP contribution is -2.05. The maximum Gasteiger partial charge on any atom is 0.129 e. The molecule has 1 heterocycles. The first-order valence-corrected chi connectivity index (χ1v) is 4.80. The minimum absolute atomic E-state index is 0.841. The third kappa shape index (κ3) is 2.42. The van der Waals surface area contributed by atoms with Gasteiger partial charge < -0.3 is 5.32 Å². The van der Waals surface area contributed by atoms with Crippen LogP contribution in [0.5, 0.6) is 0 Å². The minimum Gasteiger partial charge on any atom is -0.366 e. The number of aromatic nitrogens is 2. The van der Waals surface area contributed by atoms with Crippen molar-refractivity contribution in [2.75, 3.05) is 11.9 Å². The number of anilines is 1. The molecule has 3 nitrogen and oxygen atoms in total. The number of nitrogens with one attached hydrogen (secondary N) is 1. The maximum atomic E-state index is 4.09. The molecule has 3 heteroatoms. The molecule has 1 N–H and O–H groups in total. The lowest BCUT2D eigenvalue weighted by Gasteiger charge is -2.08. The number of allylic oxidation sites excluding steroid dienone is 2. The Morgan fingerprint density at radius 3 is 3.07 bits per heavy atom. The fraction of sp³-hybridized carbons (Fsp3) is 0.273. The van der Waals surface area contributed by atoms with Gasteiger partial charge in [0.05, 0.1) is 0 Å². The third-order valence-electron chi connectivity index (χ3n) is 2.13. The van der Waals surface area contributed by atoms with Crippen molar-refractivity contribution in [1.29, 1.82) is 0 Å². The molecule has 0 saturated heterocycles. The van der Waals surface area contributed by atoms with E-state index in [1.807, 2.05) is 6.07 Å². The van der Waals surface area contributed by atoms with E-state index in [0.717, 1.165) is 25.2 Å². The van der Waals surface area contributed by atoms with E-state index in [1.54, 1.807) is 12.5 Å². The molecule has 0 amide bonds. The maximum absolute atomic E-state index is 4.09. The summed E-state index contributed by atoms with van der Waals surface area (Å²) >= 11 is 0. The Kier molecular flexibility index (Phi) is 2.91. The van der Waals surface area contributed by atoms with Crippen molar-refractivity contribution in [3.8, 4) is 0 Å². The Morgan fingerprint density at radius 1 is 1.36 bits per heavy atom. The highest BCUT2D eigenvalue weighted by atomic mass is 15.0. The van der Waals surface area contributed by atoms with Crippen molar-refractivity contribution in [1.82, 2.24) is 9.97 Å². The summed E-state index contributed by atoms with van der Waals surface area (Å²) < 4.78 is 0. The normalized spacial score (nSPS) is 15.0. The molecule has 0 spiro atoms. The zero-order chi connectivity index (χ0) is 9.64. The molecule has 0 aromatic carbocycles. The van der Waals surface area contributed by atoms with Gasteiger partial charge in [0.1, 0.15) is 12.1 Å². The summed E-state index contributed by atoms with van der Waals surface area (Å²) in [5.41, 5.74) is 1.33. The number of hydrogen-bond acceptors (Lipinski definition) is 3. The summed E-state index contributed by atoms with van der Waals surface area (Å²) in [6, 6.07) is 1.87. The van der Waals surface area contributed by atoms with Crippen molar-refractivity contribution in [3.63, 3.8) is 0 Å². The molecule has 0 bridgehead atoms. The van der Waals surface area contributed by atoms with E-state index in [9.17, 15) is 0 Å². The van der Waals surface area contributed by atoms with Gasteiger partial charge in [0.15, 0.2) is 0 Å². The summed E-state index contributed by atoms with van der Waals surface area (Å²) in [7, 11) is 0. The second-order valence-corrected chi connectivity index (χ2v) is 3.21. The summed E-state index contributed by atoms with van der Waals surface area (Å²) in [5.74, 6) is 0.875. The molecule has 1 aliphatic carbocycles. The third-order valence-corrected chi connectivity index (χ3v) is 2.13. The monoisotopic (exact) mass is 187 g/mol. The van der Waals surface area contributed by atoms with E-state index in [-0.39, 0.29) is 0 Å². The van der Waals surface area contributed by atoms with Crippen LogP contribution >= 0.6 is 0 Å². The van der Waals surface area contributed by atoms with Crippen LogP contribution in [0.25, 0.3) is 0 Å². The molecule has 0 saturated carbocycles. The van der Waals surface area contributed by atoms with Crippen LogP contribution in [0.3, 0.4) is 0 Å².